The highest BCUT2D eigenvalue weighted by atomic mass is 19.1. The van der Waals surface area contributed by atoms with Crippen LogP contribution in [-0.2, 0) is 0 Å². The van der Waals surface area contributed by atoms with E-state index in [0.717, 1.165) is 5.57 Å². The van der Waals surface area contributed by atoms with Gasteiger partial charge in [-0.05, 0) is 17.6 Å². The van der Waals surface area contributed by atoms with Crippen molar-refractivity contribution >= 4 is 11.4 Å². The molecule has 13 heavy (non-hydrogen) atoms. The maximum atomic E-state index is 12.9. The summed E-state index contributed by atoms with van der Waals surface area (Å²) in [5, 5.41) is 0. The molecule has 0 radical (unpaired) electrons. The Balaban J connectivity index is 3.08. The van der Waals surface area contributed by atoms with Crippen LogP contribution in [0.15, 0.2) is 29.9 Å². The van der Waals surface area contributed by atoms with Gasteiger partial charge in [-0.15, -0.1) is 0 Å². The van der Waals surface area contributed by atoms with E-state index in [9.17, 15) is 4.39 Å². The van der Waals surface area contributed by atoms with Crippen LogP contribution in [-0.4, -0.2) is 0 Å². The Morgan fingerprint density at radius 2 is 2.08 bits per heavy atom. The Hall–Kier alpha value is -1.31. The monoisotopic (exact) mass is 180 g/mol. The van der Waals surface area contributed by atoms with Crippen molar-refractivity contribution in [3.8, 4) is 0 Å². The standard InChI is InChI=1S/C11H13FO/c1-7(2)8(3)11-10(9(4)12)5-6-13-11/h5-7H,3-4H2,1-2H3. The Labute approximate surface area is 77.6 Å². The predicted octanol–water partition coefficient (Wildman–Crippen LogP) is 3.89. The molecule has 1 heterocycles. The second kappa shape index (κ2) is 3.60. The molecule has 0 spiro atoms. The van der Waals surface area contributed by atoms with Crippen LogP contribution < -0.4 is 0 Å². The largest absolute Gasteiger partial charge is 0.464 e. The maximum Gasteiger partial charge on any atom is 0.139 e. The van der Waals surface area contributed by atoms with Gasteiger partial charge in [-0.25, -0.2) is 4.39 Å². The third-order valence-electron chi connectivity index (χ3n) is 1.95. The lowest BCUT2D eigenvalue weighted by molar-refractivity contribution is 0.543. The van der Waals surface area contributed by atoms with E-state index in [1.807, 2.05) is 13.8 Å². The van der Waals surface area contributed by atoms with E-state index in [4.69, 9.17) is 4.42 Å². The molecule has 0 aliphatic heterocycles. The zero-order valence-electron chi connectivity index (χ0n) is 7.93. The zero-order valence-corrected chi connectivity index (χ0v) is 7.93. The zero-order chi connectivity index (χ0) is 10.0. The van der Waals surface area contributed by atoms with Crippen LogP contribution in [0, 0.1) is 5.92 Å². The van der Waals surface area contributed by atoms with E-state index >= 15 is 0 Å². The molecule has 2 heteroatoms. The number of halogens is 1. The van der Waals surface area contributed by atoms with Crippen LogP contribution in [0.4, 0.5) is 4.39 Å². The van der Waals surface area contributed by atoms with Crippen molar-refractivity contribution in [3.05, 3.63) is 36.8 Å². The molecule has 70 valence electrons. The molecule has 0 aliphatic rings. The first-order valence-corrected chi connectivity index (χ1v) is 4.15. The average Bonchev–Trinajstić information content (AvgIpc) is 2.50. The first-order chi connectivity index (χ1) is 6.04. The fourth-order valence-electron chi connectivity index (χ4n) is 1.03. The summed E-state index contributed by atoms with van der Waals surface area (Å²) < 4.78 is 18.0. The molecule has 1 aromatic rings. The van der Waals surface area contributed by atoms with Crippen LogP contribution in [0.2, 0.25) is 0 Å². The summed E-state index contributed by atoms with van der Waals surface area (Å²) in [6.07, 6.45) is 1.45. The lowest BCUT2D eigenvalue weighted by Gasteiger charge is -2.07. The van der Waals surface area contributed by atoms with E-state index in [2.05, 4.69) is 13.2 Å². The van der Waals surface area contributed by atoms with E-state index in [1.165, 1.54) is 6.26 Å². The molecule has 0 atom stereocenters. The quantitative estimate of drug-likeness (QED) is 0.687. The molecule has 0 aromatic carbocycles. The lowest BCUT2D eigenvalue weighted by atomic mass is 10.00. The smallest absolute Gasteiger partial charge is 0.139 e. The number of furan rings is 1. The van der Waals surface area contributed by atoms with Crippen LogP contribution in [0.5, 0.6) is 0 Å². The lowest BCUT2D eigenvalue weighted by Crippen LogP contribution is -1.92. The summed E-state index contributed by atoms with van der Waals surface area (Å²) in [4.78, 5) is 0. The van der Waals surface area contributed by atoms with E-state index in [0.29, 0.717) is 11.3 Å². The van der Waals surface area contributed by atoms with E-state index in [-0.39, 0.29) is 5.92 Å². The van der Waals surface area contributed by atoms with Gasteiger partial charge in [-0.2, -0.15) is 0 Å². The topological polar surface area (TPSA) is 13.1 Å². The maximum absolute atomic E-state index is 12.9. The highest BCUT2D eigenvalue weighted by Gasteiger charge is 2.14. The van der Waals surface area contributed by atoms with Crippen LogP contribution in [0.1, 0.15) is 25.2 Å². The average molecular weight is 180 g/mol. The third kappa shape index (κ3) is 1.89. The van der Waals surface area contributed by atoms with Gasteiger partial charge in [0, 0.05) is 0 Å². The third-order valence-corrected chi connectivity index (χ3v) is 1.95. The summed E-state index contributed by atoms with van der Waals surface area (Å²) in [7, 11) is 0. The summed E-state index contributed by atoms with van der Waals surface area (Å²) >= 11 is 0. The van der Waals surface area contributed by atoms with Gasteiger partial charge in [-0.3, -0.25) is 0 Å². The molecule has 0 aliphatic carbocycles. The normalized spacial score (nSPS) is 10.5. The highest BCUT2D eigenvalue weighted by Crippen LogP contribution is 2.29. The molecule has 1 aromatic heterocycles. The fourth-order valence-corrected chi connectivity index (χ4v) is 1.03. The predicted molar refractivity (Wildman–Crippen MR) is 52.7 cm³/mol. The minimum Gasteiger partial charge on any atom is -0.464 e. The number of allylic oxidation sites excluding steroid dienone is 1. The molecule has 0 unspecified atom stereocenters. The van der Waals surface area contributed by atoms with Crippen LogP contribution in [0.25, 0.3) is 11.4 Å². The van der Waals surface area contributed by atoms with Crippen LogP contribution >= 0.6 is 0 Å². The first kappa shape index (κ1) is 9.78. The Bertz CT molecular complexity index is 334. The minimum absolute atomic E-state index is 0.240. The van der Waals surface area contributed by atoms with Gasteiger partial charge in [0.25, 0.3) is 0 Å². The van der Waals surface area contributed by atoms with Crippen molar-refractivity contribution in [3.63, 3.8) is 0 Å². The molecular formula is C11H13FO. The summed E-state index contributed by atoms with van der Waals surface area (Å²) in [6, 6.07) is 1.56. The SMILES string of the molecule is C=C(F)c1ccoc1C(=C)C(C)C. The van der Waals surface area contributed by atoms with Gasteiger partial charge in [0.15, 0.2) is 0 Å². The van der Waals surface area contributed by atoms with E-state index < -0.39 is 5.83 Å². The van der Waals surface area contributed by atoms with Gasteiger partial charge in [-0.1, -0.05) is 27.0 Å². The number of hydrogen-bond acceptors (Lipinski definition) is 1. The second-order valence-electron chi connectivity index (χ2n) is 3.25. The van der Waals surface area contributed by atoms with Crippen molar-refractivity contribution < 1.29 is 8.81 Å². The molecule has 0 N–H and O–H groups in total. The van der Waals surface area contributed by atoms with Gasteiger partial charge in [0.05, 0.1) is 11.8 Å². The molecule has 0 bridgehead atoms. The molecular weight excluding hydrogens is 167 g/mol. The fraction of sp³-hybridized carbons (Fsp3) is 0.273. The Morgan fingerprint density at radius 1 is 1.46 bits per heavy atom. The van der Waals surface area contributed by atoms with E-state index in [1.54, 1.807) is 6.07 Å². The van der Waals surface area contributed by atoms with Gasteiger partial charge >= 0.3 is 0 Å². The highest BCUT2D eigenvalue weighted by molar-refractivity contribution is 5.72. The summed E-state index contributed by atoms with van der Waals surface area (Å²) in [5.74, 6) is 0.261. The molecule has 0 saturated heterocycles. The number of hydrogen-bond donors (Lipinski definition) is 0. The van der Waals surface area contributed by atoms with Crippen molar-refractivity contribution in [2.24, 2.45) is 5.92 Å². The molecule has 1 nitrogen and oxygen atoms in total. The van der Waals surface area contributed by atoms with Crippen molar-refractivity contribution in [2.45, 2.75) is 13.8 Å². The van der Waals surface area contributed by atoms with Crippen molar-refractivity contribution in [2.75, 3.05) is 0 Å². The van der Waals surface area contributed by atoms with Gasteiger partial charge < -0.3 is 4.42 Å². The first-order valence-electron chi connectivity index (χ1n) is 4.15. The van der Waals surface area contributed by atoms with Crippen molar-refractivity contribution in [1.29, 1.82) is 0 Å². The second-order valence-corrected chi connectivity index (χ2v) is 3.25. The minimum atomic E-state index is -0.481. The van der Waals surface area contributed by atoms with Gasteiger partial charge in [0.2, 0.25) is 0 Å². The summed E-state index contributed by atoms with van der Waals surface area (Å²) in [5.41, 5.74) is 1.19. The molecule has 0 saturated carbocycles. The Kier molecular flexibility index (Phi) is 2.71. The number of rotatable bonds is 3. The Morgan fingerprint density at radius 3 is 2.54 bits per heavy atom. The summed E-state index contributed by atoms with van der Waals surface area (Å²) in [6.45, 7) is 11.0. The van der Waals surface area contributed by atoms with Crippen LogP contribution in [0.3, 0.4) is 0 Å². The molecule has 1 rings (SSSR count). The molecule has 0 fully saturated rings. The van der Waals surface area contributed by atoms with Crippen molar-refractivity contribution in [1.82, 2.24) is 0 Å². The van der Waals surface area contributed by atoms with Gasteiger partial charge in [0.1, 0.15) is 11.6 Å². The molecule has 0 amide bonds.